The van der Waals surface area contributed by atoms with Gasteiger partial charge in [0.1, 0.15) is 5.84 Å². The van der Waals surface area contributed by atoms with E-state index in [1.807, 2.05) is 0 Å². The Bertz CT molecular complexity index is 451. The number of nitrogens with zero attached hydrogens (tertiary/aromatic N) is 1. The lowest BCUT2D eigenvalue weighted by Crippen LogP contribution is -2.31. The van der Waals surface area contributed by atoms with E-state index >= 15 is 0 Å². The molecular weight excluding hydrogens is 287 g/mol. The molecule has 1 aromatic rings. The van der Waals surface area contributed by atoms with Crippen molar-refractivity contribution in [2.24, 2.45) is 10.7 Å². The Balaban J connectivity index is 0.00000144. The first-order valence-electron chi connectivity index (χ1n) is 4.78. The van der Waals surface area contributed by atoms with Gasteiger partial charge in [-0.2, -0.15) is 0 Å². The molecule has 1 aromatic carbocycles. The van der Waals surface area contributed by atoms with Crippen LogP contribution in [0.2, 0.25) is 10.0 Å². The molecule has 0 radical (unpaired) electrons. The molecule has 1 aliphatic heterocycles. The van der Waals surface area contributed by atoms with Gasteiger partial charge in [0, 0.05) is 6.54 Å². The van der Waals surface area contributed by atoms with Gasteiger partial charge in [-0.25, -0.2) is 4.39 Å². The van der Waals surface area contributed by atoms with Gasteiger partial charge in [-0.15, -0.1) is 12.4 Å². The molecule has 1 aliphatic rings. The van der Waals surface area contributed by atoms with Crippen molar-refractivity contribution >= 4 is 41.4 Å². The van der Waals surface area contributed by atoms with Gasteiger partial charge in [0.05, 0.1) is 22.6 Å². The minimum absolute atomic E-state index is 0. The molecule has 0 amide bonds. The van der Waals surface area contributed by atoms with Crippen molar-refractivity contribution in [2.45, 2.75) is 6.04 Å². The summed E-state index contributed by atoms with van der Waals surface area (Å²) >= 11 is 11.5. The third-order valence-electron chi connectivity index (χ3n) is 2.39. The molecule has 1 heterocycles. The number of hydrogen-bond acceptors (Lipinski definition) is 3. The molecule has 0 fully saturated rings. The molecular formula is C10H11Cl3FN3. The number of rotatable bonds is 2. The van der Waals surface area contributed by atoms with Crippen molar-refractivity contribution in [1.82, 2.24) is 5.32 Å². The van der Waals surface area contributed by atoms with E-state index in [0.717, 1.165) is 6.54 Å². The molecule has 0 aromatic heterocycles. The number of aliphatic imine (C=N–C) groups is 1. The summed E-state index contributed by atoms with van der Waals surface area (Å²) < 4.78 is 13.5. The summed E-state index contributed by atoms with van der Waals surface area (Å²) in [5.74, 6) is -0.0153. The van der Waals surface area contributed by atoms with Crippen LogP contribution in [0.5, 0.6) is 0 Å². The Labute approximate surface area is 115 Å². The van der Waals surface area contributed by atoms with E-state index in [0.29, 0.717) is 17.9 Å². The predicted octanol–water partition coefficient (Wildman–Crippen LogP) is 2.56. The lowest BCUT2D eigenvalue weighted by Gasteiger charge is -2.15. The van der Waals surface area contributed by atoms with Crippen molar-refractivity contribution in [3.05, 3.63) is 33.6 Å². The number of amidine groups is 1. The fourth-order valence-electron chi connectivity index (χ4n) is 1.55. The van der Waals surface area contributed by atoms with Crippen LogP contribution in [-0.4, -0.2) is 18.9 Å². The largest absolute Gasteiger partial charge is 0.370 e. The summed E-state index contributed by atoms with van der Waals surface area (Å²) in [5.41, 5.74) is 6.42. The summed E-state index contributed by atoms with van der Waals surface area (Å²) in [6.45, 7) is 1.42. The van der Waals surface area contributed by atoms with Crippen molar-refractivity contribution in [2.75, 3.05) is 13.1 Å². The molecule has 17 heavy (non-hydrogen) atoms. The topological polar surface area (TPSA) is 50.4 Å². The van der Waals surface area contributed by atoms with Gasteiger partial charge in [0.25, 0.3) is 0 Å². The van der Waals surface area contributed by atoms with Gasteiger partial charge in [-0.1, -0.05) is 29.3 Å². The Kier molecular flexibility index (Phi) is 5.01. The van der Waals surface area contributed by atoms with Crippen LogP contribution in [-0.2, 0) is 0 Å². The standard InChI is InChI=1S/C10H10Cl2FN3.ClH/c11-6-2-1-5(7(12)8(6)13)9(14)10-15-3-4-16-10;/h1-2,9H,3-4,14H2,(H,15,16);1H. The molecule has 7 heteroatoms. The first kappa shape index (κ1) is 14.5. The highest BCUT2D eigenvalue weighted by molar-refractivity contribution is 6.35. The third-order valence-corrected chi connectivity index (χ3v) is 3.07. The molecule has 0 spiro atoms. The molecule has 2 rings (SSSR count). The van der Waals surface area contributed by atoms with Gasteiger partial charge in [0.2, 0.25) is 0 Å². The maximum atomic E-state index is 13.5. The average Bonchev–Trinajstić information content (AvgIpc) is 2.79. The van der Waals surface area contributed by atoms with E-state index in [1.54, 1.807) is 6.07 Å². The highest BCUT2D eigenvalue weighted by atomic mass is 35.5. The maximum absolute atomic E-state index is 13.5. The summed E-state index contributed by atoms with van der Waals surface area (Å²) in [6.07, 6.45) is 0. The highest BCUT2D eigenvalue weighted by Crippen LogP contribution is 2.30. The Morgan fingerprint density at radius 2 is 2.12 bits per heavy atom. The zero-order valence-corrected chi connectivity index (χ0v) is 11.0. The van der Waals surface area contributed by atoms with E-state index in [1.165, 1.54) is 6.07 Å². The van der Waals surface area contributed by atoms with Gasteiger partial charge in [-0.3, -0.25) is 4.99 Å². The molecule has 1 unspecified atom stereocenters. The maximum Gasteiger partial charge on any atom is 0.160 e. The quantitative estimate of drug-likeness (QED) is 0.825. The molecule has 3 N–H and O–H groups in total. The van der Waals surface area contributed by atoms with Crippen LogP contribution in [0.3, 0.4) is 0 Å². The lowest BCUT2D eigenvalue weighted by molar-refractivity contribution is 0.625. The van der Waals surface area contributed by atoms with Gasteiger partial charge >= 0.3 is 0 Å². The first-order valence-corrected chi connectivity index (χ1v) is 5.54. The van der Waals surface area contributed by atoms with Crippen LogP contribution in [0.1, 0.15) is 11.6 Å². The van der Waals surface area contributed by atoms with Crippen LogP contribution in [0.15, 0.2) is 17.1 Å². The van der Waals surface area contributed by atoms with Crippen LogP contribution >= 0.6 is 35.6 Å². The summed E-state index contributed by atoms with van der Waals surface area (Å²) in [7, 11) is 0. The van der Waals surface area contributed by atoms with E-state index in [9.17, 15) is 4.39 Å². The molecule has 3 nitrogen and oxygen atoms in total. The number of benzene rings is 1. The fraction of sp³-hybridized carbons (Fsp3) is 0.300. The fourth-order valence-corrected chi connectivity index (χ4v) is 2.04. The smallest absolute Gasteiger partial charge is 0.160 e. The summed E-state index contributed by atoms with van der Waals surface area (Å²) in [6, 6.07) is 2.51. The average molecular weight is 299 g/mol. The van der Waals surface area contributed by atoms with Crippen molar-refractivity contribution in [1.29, 1.82) is 0 Å². The van der Waals surface area contributed by atoms with E-state index in [-0.39, 0.29) is 22.5 Å². The van der Waals surface area contributed by atoms with Crippen LogP contribution in [0.25, 0.3) is 0 Å². The molecule has 0 saturated heterocycles. The normalized spacial score (nSPS) is 15.9. The van der Waals surface area contributed by atoms with E-state index in [2.05, 4.69) is 10.3 Å². The predicted molar refractivity (Wildman–Crippen MR) is 70.9 cm³/mol. The van der Waals surface area contributed by atoms with Gasteiger partial charge < -0.3 is 11.1 Å². The van der Waals surface area contributed by atoms with E-state index in [4.69, 9.17) is 28.9 Å². The molecule has 94 valence electrons. The molecule has 1 atom stereocenters. The monoisotopic (exact) mass is 297 g/mol. The molecule has 0 bridgehead atoms. The van der Waals surface area contributed by atoms with Gasteiger partial charge in [0.15, 0.2) is 5.82 Å². The third kappa shape index (κ3) is 2.83. The molecule has 0 aliphatic carbocycles. The zero-order valence-electron chi connectivity index (χ0n) is 8.71. The Morgan fingerprint density at radius 1 is 1.41 bits per heavy atom. The van der Waals surface area contributed by atoms with Crippen LogP contribution in [0, 0.1) is 5.82 Å². The lowest BCUT2D eigenvalue weighted by atomic mass is 10.1. The second kappa shape index (κ2) is 5.87. The SMILES string of the molecule is Cl.NC(C1=NCCN1)c1ccc(Cl)c(F)c1Cl. The Morgan fingerprint density at radius 3 is 2.71 bits per heavy atom. The molecule has 0 saturated carbocycles. The number of nitrogens with one attached hydrogen (secondary N) is 1. The summed E-state index contributed by atoms with van der Waals surface area (Å²) in [5, 5.41) is 2.97. The minimum atomic E-state index is -0.644. The Hall–Kier alpha value is -0.550. The van der Waals surface area contributed by atoms with Crippen LogP contribution in [0.4, 0.5) is 4.39 Å². The van der Waals surface area contributed by atoms with E-state index < -0.39 is 11.9 Å². The summed E-state index contributed by atoms with van der Waals surface area (Å²) in [4.78, 5) is 4.17. The first-order chi connectivity index (χ1) is 7.61. The second-order valence-corrected chi connectivity index (χ2v) is 4.22. The highest BCUT2D eigenvalue weighted by Gasteiger charge is 2.21. The number of hydrogen-bond donors (Lipinski definition) is 2. The van der Waals surface area contributed by atoms with Crippen molar-refractivity contribution in [3.63, 3.8) is 0 Å². The number of halogens is 4. The van der Waals surface area contributed by atoms with Gasteiger partial charge in [-0.05, 0) is 11.6 Å². The van der Waals surface area contributed by atoms with Crippen LogP contribution < -0.4 is 11.1 Å². The number of nitrogens with two attached hydrogens (primary N) is 1. The zero-order chi connectivity index (χ0) is 11.7. The minimum Gasteiger partial charge on any atom is -0.370 e. The van der Waals surface area contributed by atoms with Crippen molar-refractivity contribution in [3.8, 4) is 0 Å². The van der Waals surface area contributed by atoms with Crippen molar-refractivity contribution < 1.29 is 4.39 Å². The second-order valence-electron chi connectivity index (χ2n) is 3.44.